The number of rotatable bonds is 13. The Bertz CT molecular complexity index is 919. The van der Waals surface area contributed by atoms with E-state index in [0.29, 0.717) is 49.3 Å². The second-order valence-electron chi connectivity index (χ2n) is 8.39. The van der Waals surface area contributed by atoms with Crippen LogP contribution in [0.1, 0.15) is 49.7 Å². The van der Waals surface area contributed by atoms with Crippen LogP contribution in [0.2, 0.25) is 0 Å². The molecule has 8 heteroatoms. The molecule has 0 atom stereocenters. The third kappa shape index (κ3) is 11.3. The summed E-state index contributed by atoms with van der Waals surface area (Å²) in [7, 11) is 0. The Balaban J connectivity index is 1.59. The van der Waals surface area contributed by atoms with E-state index in [1.807, 2.05) is 62.4 Å². The van der Waals surface area contributed by atoms with E-state index < -0.39 is 0 Å². The average Bonchev–Trinajstić information content (AvgIpc) is 2.78. The lowest BCUT2D eigenvalue weighted by Gasteiger charge is -2.03. The van der Waals surface area contributed by atoms with E-state index in [9.17, 15) is 0 Å². The van der Waals surface area contributed by atoms with Crippen LogP contribution in [0.3, 0.4) is 0 Å². The van der Waals surface area contributed by atoms with E-state index in [1.165, 1.54) is 11.1 Å². The van der Waals surface area contributed by atoms with E-state index in [-0.39, 0.29) is 0 Å². The number of benzene rings is 2. The molecule has 0 aliphatic rings. The van der Waals surface area contributed by atoms with E-state index in [2.05, 4.69) is 20.0 Å². The highest BCUT2D eigenvalue weighted by atomic mass is 14.9. The van der Waals surface area contributed by atoms with Crippen molar-refractivity contribution >= 4 is 34.7 Å². The maximum Gasteiger partial charge on any atom is 0.107 e. The second-order valence-corrected chi connectivity index (χ2v) is 8.39. The van der Waals surface area contributed by atoms with Crippen LogP contribution in [0, 0.1) is 13.8 Å². The Morgan fingerprint density at radius 3 is 1.24 bits per heavy atom. The van der Waals surface area contributed by atoms with Gasteiger partial charge in [0, 0.05) is 13.1 Å². The number of amidine groups is 4. The van der Waals surface area contributed by atoms with Crippen molar-refractivity contribution in [1.82, 2.24) is 0 Å². The van der Waals surface area contributed by atoms with Gasteiger partial charge in [-0.25, -0.2) is 9.98 Å². The van der Waals surface area contributed by atoms with Crippen molar-refractivity contribution < 1.29 is 0 Å². The third-order valence-electron chi connectivity index (χ3n) is 5.03. The van der Waals surface area contributed by atoms with E-state index >= 15 is 0 Å². The summed E-state index contributed by atoms with van der Waals surface area (Å²) in [6, 6.07) is 15.7. The number of nitrogens with zero attached hydrogens (tertiary/aromatic N) is 4. The van der Waals surface area contributed by atoms with Crippen molar-refractivity contribution in [2.45, 2.75) is 52.4 Å². The molecule has 0 fully saturated rings. The highest BCUT2D eigenvalue weighted by Gasteiger charge is 2.00. The van der Waals surface area contributed by atoms with E-state index in [0.717, 1.165) is 37.1 Å². The van der Waals surface area contributed by atoms with Gasteiger partial charge >= 0.3 is 0 Å². The highest BCUT2D eigenvalue weighted by molar-refractivity contribution is 6.02. The van der Waals surface area contributed by atoms with Crippen LogP contribution in [-0.4, -0.2) is 36.4 Å². The maximum absolute atomic E-state index is 5.98. The molecule has 182 valence electrons. The molecule has 8 nitrogen and oxygen atoms in total. The SMILES string of the molecule is Cc1ccc(N=C(N)CC(N)=NCCCCCCN=C(N)CC(N)=Nc2ccc(C)cc2)cc1. The molecule has 2 aromatic rings. The summed E-state index contributed by atoms with van der Waals surface area (Å²) < 4.78 is 0. The molecule has 0 unspecified atom stereocenters. The summed E-state index contributed by atoms with van der Waals surface area (Å²) in [6.45, 7) is 5.43. The zero-order chi connectivity index (χ0) is 24.8. The topological polar surface area (TPSA) is 154 Å². The van der Waals surface area contributed by atoms with Gasteiger partial charge in [-0.3, -0.25) is 9.98 Å². The number of hydrogen-bond donors (Lipinski definition) is 4. The third-order valence-corrected chi connectivity index (χ3v) is 5.03. The van der Waals surface area contributed by atoms with Gasteiger partial charge in [0.1, 0.15) is 23.3 Å². The first-order valence-corrected chi connectivity index (χ1v) is 11.7. The van der Waals surface area contributed by atoms with Gasteiger partial charge in [0.15, 0.2) is 0 Å². The molecule has 0 bridgehead atoms. The van der Waals surface area contributed by atoms with Crippen molar-refractivity contribution in [1.29, 1.82) is 0 Å². The largest absolute Gasteiger partial charge is 0.387 e. The van der Waals surface area contributed by atoms with Crippen molar-refractivity contribution in [3.63, 3.8) is 0 Å². The van der Waals surface area contributed by atoms with Gasteiger partial charge in [-0.1, -0.05) is 48.2 Å². The van der Waals surface area contributed by atoms with Crippen molar-refractivity contribution in [3.05, 3.63) is 59.7 Å². The Labute approximate surface area is 203 Å². The van der Waals surface area contributed by atoms with Crippen LogP contribution in [0.25, 0.3) is 0 Å². The van der Waals surface area contributed by atoms with Crippen molar-refractivity contribution in [3.8, 4) is 0 Å². The summed E-state index contributed by atoms with van der Waals surface area (Å²) in [6.07, 6.45) is 4.78. The molecule has 0 aliphatic heterocycles. The van der Waals surface area contributed by atoms with Gasteiger partial charge in [-0.15, -0.1) is 0 Å². The lowest BCUT2D eigenvalue weighted by atomic mass is 10.2. The molecule has 0 aliphatic carbocycles. The average molecular weight is 463 g/mol. The van der Waals surface area contributed by atoms with Crippen LogP contribution in [-0.2, 0) is 0 Å². The van der Waals surface area contributed by atoms with Gasteiger partial charge in [0.2, 0.25) is 0 Å². The Kier molecular flexibility index (Phi) is 11.3. The molecule has 0 radical (unpaired) electrons. The molecule has 2 aromatic carbocycles. The summed E-state index contributed by atoms with van der Waals surface area (Å²) in [4.78, 5) is 17.5. The molecular formula is C26H38N8. The van der Waals surface area contributed by atoms with Crippen LogP contribution < -0.4 is 22.9 Å². The smallest absolute Gasteiger partial charge is 0.107 e. The molecule has 0 saturated heterocycles. The predicted octanol–water partition coefficient (Wildman–Crippen LogP) is 4.04. The second kappa shape index (κ2) is 14.5. The van der Waals surface area contributed by atoms with Gasteiger partial charge in [0.05, 0.1) is 24.2 Å². The number of nitrogens with two attached hydrogens (primary N) is 4. The first-order chi connectivity index (χ1) is 16.3. The van der Waals surface area contributed by atoms with Crippen molar-refractivity contribution in [2.75, 3.05) is 13.1 Å². The van der Waals surface area contributed by atoms with Crippen LogP contribution >= 0.6 is 0 Å². The lowest BCUT2D eigenvalue weighted by Crippen LogP contribution is -2.23. The summed E-state index contributed by atoms with van der Waals surface area (Å²) in [5, 5.41) is 0. The standard InChI is InChI=1S/C26H38N8/c1-19-7-11-21(12-8-19)33-25(29)17-23(27)31-15-5-3-4-6-16-32-24(28)18-26(30)34-22-13-9-20(2)10-14-22/h7-14H,3-6,15-18H2,1-2H3,(H2,27,31)(H2,28,32)(H2,29,33)(H2,30,34). The zero-order valence-corrected chi connectivity index (χ0v) is 20.4. The van der Waals surface area contributed by atoms with Crippen LogP contribution in [0.5, 0.6) is 0 Å². The Morgan fingerprint density at radius 2 is 0.882 bits per heavy atom. The minimum Gasteiger partial charge on any atom is -0.387 e. The molecule has 34 heavy (non-hydrogen) atoms. The summed E-state index contributed by atoms with van der Waals surface area (Å²) in [5.74, 6) is 1.95. The summed E-state index contributed by atoms with van der Waals surface area (Å²) in [5.41, 5.74) is 27.9. The number of unbranched alkanes of at least 4 members (excludes halogenated alkanes) is 3. The minimum absolute atomic E-state index is 0.373. The monoisotopic (exact) mass is 462 g/mol. The molecule has 0 heterocycles. The summed E-state index contributed by atoms with van der Waals surface area (Å²) >= 11 is 0. The van der Waals surface area contributed by atoms with E-state index in [1.54, 1.807) is 0 Å². The molecule has 0 saturated carbocycles. The highest BCUT2D eigenvalue weighted by Crippen LogP contribution is 2.13. The van der Waals surface area contributed by atoms with E-state index in [4.69, 9.17) is 22.9 Å². The zero-order valence-electron chi connectivity index (χ0n) is 20.4. The lowest BCUT2D eigenvalue weighted by molar-refractivity contribution is 0.653. The predicted molar refractivity (Wildman–Crippen MR) is 146 cm³/mol. The van der Waals surface area contributed by atoms with Gasteiger partial charge in [-0.05, 0) is 51.0 Å². The normalized spacial score (nSPS) is 13.4. The van der Waals surface area contributed by atoms with Gasteiger partial charge < -0.3 is 22.9 Å². The maximum atomic E-state index is 5.98. The molecule has 0 spiro atoms. The first-order valence-electron chi connectivity index (χ1n) is 11.7. The fourth-order valence-corrected chi connectivity index (χ4v) is 3.15. The fraction of sp³-hybridized carbons (Fsp3) is 0.385. The number of hydrogen-bond acceptors (Lipinski definition) is 4. The molecule has 2 rings (SSSR count). The number of aliphatic imine (C=N–C) groups is 4. The van der Waals surface area contributed by atoms with Gasteiger partial charge in [-0.2, -0.15) is 0 Å². The molecule has 8 N–H and O–H groups in total. The fourth-order valence-electron chi connectivity index (χ4n) is 3.15. The molecule has 0 amide bonds. The molecular weight excluding hydrogens is 424 g/mol. The van der Waals surface area contributed by atoms with Crippen LogP contribution in [0.15, 0.2) is 68.5 Å². The first kappa shape index (κ1) is 26.6. The Hall–Kier alpha value is -3.68. The van der Waals surface area contributed by atoms with Crippen molar-refractivity contribution in [2.24, 2.45) is 42.9 Å². The quantitative estimate of drug-likeness (QED) is 0.201. The molecule has 0 aromatic heterocycles. The van der Waals surface area contributed by atoms with Crippen LogP contribution in [0.4, 0.5) is 11.4 Å². The Morgan fingerprint density at radius 1 is 0.529 bits per heavy atom. The van der Waals surface area contributed by atoms with Gasteiger partial charge in [0.25, 0.3) is 0 Å². The number of aryl methyl sites for hydroxylation is 2. The minimum atomic E-state index is 0.373.